The topological polar surface area (TPSA) is 50.8 Å². The number of para-hydroxylation sites is 1. The van der Waals surface area contributed by atoms with Crippen molar-refractivity contribution in [1.29, 1.82) is 0 Å². The van der Waals surface area contributed by atoms with Gasteiger partial charge in [-0.1, -0.05) is 18.2 Å². The molecule has 2 aliphatic heterocycles. The fraction of sp³-hybridized carbons (Fsp3) is 0.381. The second kappa shape index (κ2) is 7.86. The summed E-state index contributed by atoms with van der Waals surface area (Å²) >= 11 is 0. The third-order valence-corrected chi connectivity index (χ3v) is 5.13. The van der Waals surface area contributed by atoms with Gasteiger partial charge in [0.1, 0.15) is 5.82 Å². The van der Waals surface area contributed by atoms with Crippen LogP contribution in [0.15, 0.2) is 42.5 Å². The summed E-state index contributed by atoms with van der Waals surface area (Å²) in [7, 11) is 0. The van der Waals surface area contributed by atoms with E-state index < -0.39 is 0 Å². The molecule has 1 amide bonds. The number of aryl methyl sites for hydroxylation is 1. The molecular weight excluding hydrogens is 347 g/mol. The Morgan fingerprint density at radius 3 is 2.70 bits per heavy atom. The molecule has 1 N–H and O–H groups in total. The molecule has 2 aromatic carbocycles. The third-order valence-electron chi connectivity index (χ3n) is 5.13. The minimum Gasteiger partial charge on any atom is -0.454 e. The summed E-state index contributed by atoms with van der Waals surface area (Å²) in [5, 5.41) is 3.11. The Hall–Kier alpha value is -2.76. The molecule has 0 saturated carbocycles. The minimum absolute atomic E-state index is 0.0528. The first kappa shape index (κ1) is 17.6. The maximum absolute atomic E-state index is 13.9. The summed E-state index contributed by atoms with van der Waals surface area (Å²) in [6.45, 7) is 1.74. The van der Waals surface area contributed by atoms with E-state index in [0.29, 0.717) is 18.5 Å². The lowest BCUT2D eigenvalue weighted by Crippen LogP contribution is -2.45. The molecule has 4 rings (SSSR count). The lowest BCUT2D eigenvalue weighted by atomic mass is 10.0. The van der Waals surface area contributed by atoms with Crippen LogP contribution in [0.3, 0.4) is 0 Å². The maximum atomic E-state index is 13.9. The zero-order chi connectivity index (χ0) is 18.6. The lowest BCUT2D eigenvalue weighted by molar-refractivity contribution is -0.121. The van der Waals surface area contributed by atoms with Crippen LogP contribution in [-0.2, 0) is 11.2 Å². The highest BCUT2D eigenvalue weighted by Gasteiger charge is 2.22. The number of nitrogens with zero attached hydrogens (tertiary/aromatic N) is 1. The summed E-state index contributed by atoms with van der Waals surface area (Å²) in [5.74, 6) is 1.36. The van der Waals surface area contributed by atoms with Gasteiger partial charge in [-0.25, -0.2) is 4.39 Å². The summed E-state index contributed by atoms with van der Waals surface area (Å²) < 4.78 is 24.6. The molecule has 0 aliphatic carbocycles. The van der Waals surface area contributed by atoms with E-state index in [4.69, 9.17) is 9.47 Å². The Bertz CT molecular complexity index is 819. The predicted octanol–water partition coefficient (Wildman–Crippen LogP) is 3.27. The lowest BCUT2D eigenvalue weighted by Gasteiger charge is -2.34. The quantitative estimate of drug-likeness (QED) is 0.878. The van der Waals surface area contributed by atoms with Gasteiger partial charge in [-0.3, -0.25) is 4.79 Å². The van der Waals surface area contributed by atoms with Crippen molar-refractivity contribution in [2.75, 3.05) is 24.8 Å². The first-order valence-corrected chi connectivity index (χ1v) is 9.36. The second-order valence-electron chi connectivity index (χ2n) is 6.97. The van der Waals surface area contributed by atoms with Crippen LogP contribution in [0.1, 0.15) is 24.8 Å². The molecule has 0 aromatic heterocycles. The number of amides is 1. The molecule has 27 heavy (non-hydrogen) atoms. The fourth-order valence-corrected chi connectivity index (χ4v) is 3.63. The van der Waals surface area contributed by atoms with Gasteiger partial charge in [0.25, 0.3) is 0 Å². The van der Waals surface area contributed by atoms with Crippen molar-refractivity contribution in [3.8, 4) is 11.5 Å². The smallest absolute Gasteiger partial charge is 0.231 e. The Morgan fingerprint density at radius 1 is 1.11 bits per heavy atom. The number of rotatable bonds is 5. The van der Waals surface area contributed by atoms with Crippen molar-refractivity contribution in [3.05, 3.63) is 53.8 Å². The van der Waals surface area contributed by atoms with Gasteiger partial charge < -0.3 is 19.7 Å². The van der Waals surface area contributed by atoms with E-state index >= 15 is 0 Å². The highest BCUT2D eigenvalue weighted by atomic mass is 19.1. The molecule has 2 aromatic rings. The van der Waals surface area contributed by atoms with E-state index in [0.717, 1.165) is 43.0 Å². The number of piperidine rings is 1. The van der Waals surface area contributed by atoms with Crippen LogP contribution in [0.25, 0.3) is 0 Å². The van der Waals surface area contributed by atoms with Crippen LogP contribution in [0, 0.1) is 5.82 Å². The zero-order valence-electron chi connectivity index (χ0n) is 15.1. The average molecular weight is 370 g/mol. The van der Waals surface area contributed by atoms with Crippen LogP contribution in [0.5, 0.6) is 11.5 Å². The Labute approximate surface area is 158 Å². The van der Waals surface area contributed by atoms with Gasteiger partial charge in [-0.15, -0.1) is 0 Å². The van der Waals surface area contributed by atoms with E-state index in [9.17, 15) is 9.18 Å². The second-order valence-corrected chi connectivity index (χ2v) is 6.97. The monoisotopic (exact) mass is 370 g/mol. The Balaban J connectivity index is 1.23. The first-order valence-electron chi connectivity index (χ1n) is 9.36. The fourth-order valence-electron chi connectivity index (χ4n) is 3.63. The predicted molar refractivity (Wildman–Crippen MR) is 101 cm³/mol. The van der Waals surface area contributed by atoms with Crippen molar-refractivity contribution >= 4 is 11.6 Å². The van der Waals surface area contributed by atoms with Crippen LogP contribution in [0.2, 0.25) is 0 Å². The van der Waals surface area contributed by atoms with Gasteiger partial charge in [-0.2, -0.15) is 0 Å². The van der Waals surface area contributed by atoms with Gasteiger partial charge in [0, 0.05) is 25.6 Å². The number of ether oxygens (including phenoxy) is 2. The number of halogens is 1. The highest BCUT2D eigenvalue weighted by Crippen LogP contribution is 2.32. The Kier molecular flexibility index (Phi) is 5.14. The van der Waals surface area contributed by atoms with Crippen molar-refractivity contribution in [2.24, 2.45) is 0 Å². The van der Waals surface area contributed by atoms with E-state index in [1.54, 1.807) is 12.1 Å². The molecule has 0 radical (unpaired) electrons. The summed E-state index contributed by atoms with van der Waals surface area (Å²) in [6.07, 6.45) is 2.75. The molecule has 1 fully saturated rings. The SMILES string of the molecule is O=C(CCc1ccc2c(c1)OCO2)NC1CCN(c2ccccc2F)CC1. The number of carbonyl (C=O) groups is 1. The molecule has 0 bridgehead atoms. The van der Waals surface area contributed by atoms with Gasteiger partial charge >= 0.3 is 0 Å². The summed E-state index contributed by atoms with van der Waals surface area (Å²) in [5.41, 5.74) is 1.70. The average Bonchev–Trinajstić information content (AvgIpc) is 3.15. The standard InChI is InChI=1S/C21H23FN2O3/c22-17-3-1-2-4-18(17)24-11-9-16(10-12-24)23-21(25)8-6-15-5-7-19-20(13-15)27-14-26-19/h1-5,7,13,16H,6,8-12,14H2,(H,23,25). The van der Waals surface area contributed by atoms with Crippen LogP contribution in [0.4, 0.5) is 10.1 Å². The van der Waals surface area contributed by atoms with Crippen molar-refractivity contribution < 1.29 is 18.7 Å². The number of fused-ring (bicyclic) bond motifs is 1. The van der Waals surface area contributed by atoms with E-state index in [1.807, 2.05) is 29.2 Å². The summed E-state index contributed by atoms with van der Waals surface area (Å²) in [4.78, 5) is 14.3. The highest BCUT2D eigenvalue weighted by molar-refractivity contribution is 5.76. The zero-order valence-corrected chi connectivity index (χ0v) is 15.1. The van der Waals surface area contributed by atoms with Gasteiger partial charge in [0.2, 0.25) is 12.7 Å². The number of nitrogens with one attached hydrogen (secondary N) is 1. The molecule has 2 aliphatic rings. The van der Waals surface area contributed by atoms with E-state index in [2.05, 4.69) is 5.32 Å². The summed E-state index contributed by atoms with van der Waals surface area (Å²) in [6, 6.07) is 12.8. The van der Waals surface area contributed by atoms with Crippen molar-refractivity contribution in [3.63, 3.8) is 0 Å². The van der Waals surface area contributed by atoms with Crippen LogP contribution >= 0.6 is 0 Å². The molecule has 2 heterocycles. The molecule has 5 nitrogen and oxygen atoms in total. The van der Waals surface area contributed by atoms with Crippen LogP contribution < -0.4 is 19.7 Å². The first-order chi connectivity index (χ1) is 13.2. The molecule has 142 valence electrons. The van der Waals surface area contributed by atoms with E-state index in [1.165, 1.54) is 6.07 Å². The number of benzene rings is 2. The largest absolute Gasteiger partial charge is 0.454 e. The molecule has 6 heteroatoms. The van der Waals surface area contributed by atoms with Crippen molar-refractivity contribution in [2.45, 2.75) is 31.7 Å². The normalized spacial score (nSPS) is 16.4. The molecule has 0 atom stereocenters. The van der Waals surface area contributed by atoms with Crippen molar-refractivity contribution in [1.82, 2.24) is 5.32 Å². The molecule has 0 unspecified atom stereocenters. The number of anilines is 1. The minimum atomic E-state index is -0.191. The van der Waals surface area contributed by atoms with E-state index in [-0.39, 0.29) is 24.6 Å². The molecular formula is C21H23FN2O3. The molecule has 1 saturated heterocycles. The van der Waals surface area contributed by atoms with Crippen LogP contribution in [-0.4, -0.2) is 31.8 Å². The number of hydrogen-bond acceptors (Lipinski definition) is 4. The number of hydrogen-bond donors (Lipinski definition) is 1. The maximum Gasteiger partial charge on any atom is 0.231 e. The van der Waals surface area contributed by atoms with Gasteiger partial charge in [0.05, 0.1) is 5.69 Å². The Morgan fingerprint density at radius 2 is 1.89 bits per heavy atom. The number of carbonyl (C=O) groups excluding carboxylic acids is 1. The third kappa shape index (κ3) is 4.15. The molecule has 0 spiro atoms. The van der Waals surface area contributed by atoms with Gasteiger partial charge in [-0.05, 0) is 49.1 Å². The van der Waals surface area contributed by atoms with Gasteiger partial charge in [0.15, 0.2) is 11.5 Å².